The van der Waals surface area contributed by atoms with Crippen LogP contribution >= 0.6 is 0 Å². The smallest absolute Gasteiger partial charge is 0.301 e. The molecule has 1 aromatic heterocycles. The quantitative estimate of drug-likeness (QED) is 0.359. The maximum Gasteiger partial charge on any atom is 1.00 e. The standard InChI is InChI=1S/C6H6N.C2H6.K/c1-6-4-2-3-5-7-6;1-2;/h2,4-5H,1H3;1-2H3;/q-1;;+1. The van der Waals surface area contributed by atoms with Crippen LogP contribution < -0.4 is 51.4 Å². The van der Waals surface area contributed by atoms with E-state index in [0.717, 1.165) is 5.69 Å². The topological polar surface area (TPSA) is 12.9 Å². The Balaban J connectivity index is 0. The molecule has 0 saturated heterocycles. The molecule has 0 spiro atoms. The molecule has 10 heavy (non-hydrogen) atoms. The van der Waals surface area contributed by atoms with Gasteiger partial charge in [0.15, 0.2) is 0 Å². The number of hydrogen-bond acceptors (Lipinski definition) is 1. The fourth-order valence-corrected chi connectivity index (χ4v) is 0.394. The van der Waals surface area contributed by atoms with Crippen molar-refractivity contribution in [3.8, 4) is 0 Å². The Morgan fingerprint density at radius 1 is 1.40 bits per heavy atom. The van der Waals surface area contributed by atoms with Gasteiger partial charge in [-0.1, -0.05) is 20.0 Å². The molecule has 0 aliphatic carbocycles. The van der Waals surface area contributed by atoms with Gasteiger partial charge in [-0.25, -0.2) is 12.1 Å². The predicted molar refractivity (Wildman–Crippen MR) is 39.2 cm³/mol. The van der Waals surface area contributed by atoms with Gasteiger partial charge in [-0.3, -0.25) is 0 Å². The molecule has 0 amide bonds. The van der Waals surface area contributed by atoms with Gasteiger partial charge in [0.1, 0.15) is 0 Å². The minimum atomic E-state index is 0. The van der Waals surface area contributed by atoms with E-state index >= 15 is 0 Å². The van der Waals surface area contributed by atoms with E-state index in [4.69, 9.17) is 0 Å². The summed E-state index contributed by atoms with van der Waals surface area (Å²) in [5, 5.41) is 0. The first-order chi connectivity index (χ1) is 4.39. The molecule has 0 N–H and O–H groups in total. The third-order valence-electron chi connectivity index (χ3n) is 0.763. The fourth-order valence-electron chi connectivity index (χ4n) is 0.394. The Morgan fingerprint density at radius 3 is 2.20 bits per heavy atom. The monoisotopic (exact) mass is 161 g/mol. The van der Waals surface area contributed by atoms with E-state index in [2.05, 4.69) is 11.1 Å². The Bertz CT molecular complexity index is 139. The summed E-state index contributed by atoms with van der Waals surface area (Å²) >= 11 is 0. The molecule has 0 aliphatic heterocycles. The number of aromatic nitrogens is 1. The van der Waals surface area contributed by atoms with Crippen molar-refractivity contribution in [1.82, 2.24) is 4.98 Å². The molecule has 1 heterocycles. The minimum absolute atomic E-state index is 0. The Labute approximate surface area is 106 Å². The third kappa shape index (κ3) is 6.90. The second-order valence-electron chi connectivity index (χ2n) is 1.40. The molecule has 0 aliphatic rings. The largest absolute Gasteiger partial charge is 1.00 e. The summed E-state index contributed by atoms with van der Waals surface area (Å²) in [5.74, 6) is 0. The normalized spacial score (nSPS) is 6.70. The first-order valence-electron chi connectivity index (χ1n) is 3.18. The minimum Gasteiger partial charge on any atom is -0.301 e. The van der Waals surface area contributed by atoms with Crippen LogP contribution in [-0.2, 0) is 0 Å². The number of aryl methyl sites for hydroxylation is 1. The van der Waals surface area contributed by atoms with E-state index in [-0.39, 0.29) is 51.4 Å². The van der Waals surface area contributed by atoms with E-state index in [1.807, 2.05) is 32.9 Å². The van der Waals surface area contributed by atoms with Gasteiger partial charge in [0.05, 0.1) is 0 Å². The van der Waals surface area contributed by atoms with Crippen molar-refractivity contribution >= 4 is 0 Å². The SMILES string of the molecule is CC.Cc1cc[c-]cn1.[K+]. The van der Waals surface area contributed by atoms with E-state index < -0.39 is 0 Å². The average molecular weight is 161 g/mol. The Morgan fingerprint density at radius 2 is 2.00 bits per heavy atom. The van der Waals surface area contributed by atoms with Crippen LogP contribution in [0.4, 0.5) is 0 Å². The molecule has 1 aromatic rings. The van der Waals surface area contributed by atoms with Crippen molar-refractivity contribution in [3.05, 3.63) is 30.1 Å². The van der Waals surface area contributed by atoms with Gasteiger partial charge < -0.3 is 4.98 Å². The molecular formula is C8H12KN. The average Bonchev–Trinajstić information content (AvgIpc) is 1.94. The van der Waals surface area contributed by atoms with E-state index in [0.29, 0.717) is 0 Å². The molecular weight excluding hydrogens is 149 g/mol. The molecule has 0 atom stereocenters. The van der Waals surface area contributed by atoms with Crippen LogP contribution in [0.25, 0.3) is 0 Å². The van der Waals surface area contributed by atoms with Crippen LogP contribution in [0, 0.1) is 13.0 Å². The molecule has 1 nitrogen and oxygen atoms in total. The molecule has 50 valence electrons. The molecule has 0 radical (unpaired) electrons. The number of nitrogens with zero attached hydrogens (tertiary/aromatic N) is 1. The van der Waals surface area contributed by atoms with E-state index in [9.17, 15) is 0 Å². The van der Waals surface area contributed by atoms with Crippen molar-refractivity contribution < 1.29 is 51.4 Å². The summed E-state index contributed by atoms with van der Waals surface area (Å²) in [6.45, 7) is 5.95. The van der Waals surface area contributed by atoms with Crippen LogP contribution in [-0.4, -0.2) is 4.98 Å². The van der Waals surface area contributed by atoms with Crippen LogP contribution in [0.1, 0.15) is 19.5 Å². The van der Waals surface area contributed by atoms with Crippen molar-refractivity contribution in [2.75, 3.05) is 0 Å². The summed E-state index contributed by atoms with van der Waals surface area (Å²) in [6.07, 6.45) is 1.66. The Hall–Kier alpha value is 0.786. The maximum absolute atomic E-state index is 3.92. The van der Waals surface area contributed by atoms with Crippen LogP contribution in [0.5, 0.6) is 0 Å². The molecule has 2 heteroatoms. The van der Waals surface area contributed by atoms with Crippen LogP contribution in [0.15, 0.2) is 18.3 Å². The third-order valence-corrected chi connectivity index (χ3v) is 0.763. The van der Waals surface area contributed by atoms with E-state index in [1.165, 1.54) is 0 Å². The molecule has 0 bridgehead atoms. The van der Waals surface area contributed by atoms with Gasteiger partial charge in [0.2, 0.25) is 0 Å². The van der Waals surface area contributed by atoms with Gasteiger partial charge in [-0.2, -0.15) is 6.07 Å². The van der Waals surface area contributed by atoms with Crippen LogP contribution in [0.2, 0.25) is 0 Å². The summed E-state index contributed by atoms with van der Waals surface area (Å²) < 4.78 is 0. The van der Waals surface area contributed by atoms with Crippen molar-refractivity contribution in [2.45, 2.75) is 20.8 Å². The molecule has 1 rings (SSSR count). The summed E-state index contributed by atoms with van der Waals surface area (Å²) in [4.78, 5) is 3.92. The summed E-state index contributed by atoms with van der Waals surface area (Å²) in [5.41, 5.74) is 1.04. The van der Waals surface area contributed by atoms with Gasteiger partial charge in [0, 0.05) is 0 Å². The zero-order valence-corrected chi connectivity index (χ0v) is 10.3. The fraction of sp³-hybridized carbons (Fsp3) is 0.375. The van der Waals surface area contributed by atoms with Crippen LogP contribution in [0.3, 0.4) is 0 Å². The number of pyridine rings is 1. The maximum atomic E-state index is 3.92. The van der Waals surface area contributed by atoms with E-state index in [1.54, 1.807) is 6.20 Å². The molecule has 0 fully saturated rings. The predicted octanol–water partition coefficient (Wildman–Crippen LogP) is -0.780. The van der Waals surface area contributed by atoms with Gasteiger partial charge in [0.25, 0.3) is 0 Å². The summed E-state index contributed by atoms with van der Waals surface area (Å²) in [6, 6.07) is 6.59. The zero-order chi connectivity index (χ0) is 7.11. The summed E-state index contributed by atoms with van der Waals surface area (Å²) in [7, 11) is 0. The number of hydrogen-bond donors (Lipinski definition) is 0. The molecule has 0 unspecified atom stereocenters. The first-order valence-corrected chi connectivity index (χ1v) is 3.18. The number of rotatable bonds is 0. The second kappa shape index (κ2) is 9.79. The Kier molecular flexibility index (Phi) is 13.1. The second-order valence-corrected chi connectivity index (χ2v) is 1.40. The van der Waals surface area contributed by atoms with Gasteiger partial charge >= 0.3 is 51.4 Å². The van der Waals surface area contributed by atoms with Crippen molar-refractivity contribution in [1.29, 1.82) is 0 Å². The molecule has 0 aromatic carbocycles. The molecule has 0 saturated carbocycles. The van der Waals surface area contributed by atoms with Crippen molar-refractivity contribution in [2.24, 2.45) is 0 Å². The first kappa shape index (κ1) is 13.4. The van der Waals surface area contributed by atoms with Crippen molar-refractivity contribution in [3.63, 3.8) is 0 Å². The van der Waals surface area contributed by atoms with Gasteiger partial charge in [-0.05, 0) is 12.6 Å². The van der Waals surface area contributed by atoms with Gasteiger partial charge in [-0.15, -0.1) is 0 Å². The zero-order valence-electron chi connectivity index (χ0n) is 7.18.